The summed E-state index contributed by atoms with van der Waals surface area (Å²) < 4.78 is 18.6. The van der Waals surface area contributed by atoms with Crippen molar-refractivity contribution in [1.82, 2.24) is 5.32 Å². The highest BCUT2D eigenvalue weighted by Gasteiger charge is 2.10. The summed E-state index contributed by atoms with van der Waals surface area (Å²) in [7, 11) is 0. The van der Waals surface area contributed by atoms with Gasteiger partial charge in [-0.25, -0.2) is 4.39 Å². The van der Waals surface area contributed by atoms with Gasteiger partial charge < -0.3 is 10.1 Å². The molecular weight excluding hydrogens is 193 g/mol. The quantitative estimate of drug-likeness (QED) is 0.780. The molecule has 1 rings (SSSR count). The van der Waals surface area contributed by atoms with Gasteiger partial charge in [0.15, 0.2) is 0 Å². The lowest BCUT2D eigenvalue weighted by Crippen LogP contribution is -2.23. The standard InChI is InChI=1S/C12H18FNO/c1-3-14-9-12(15-4-2)10-6-5-7-11(13)8-10/h5-8,12,14H,3-4,9H2,1-2H3. The molecule has 0 amide bonds. The molecule has 0 fully saturated rings. The van der Waals surface area contributed by atoms with Crippen LogP contribution in [0.15, 0.2) is 24.3 Å². The monoisotopic (exact) mass is 211 g/mol. The minimum atomic E-state index is -0.214. The zero-order chi connectivity index (χ0) is 11.1. The summed E-state index contributed by atoms with van der Waals surface area (Å²) in [5, 5.41) is 3.20. The number of nitrogens with one attached hydrogen (secondary N) is 1. The summed E-state index contributed by atoms with van der Waals surface area (Å²) >= 11 is 0. The summed E-state index contributed by atoms with van der Waals surface area (Å²) in [5.74, 6) is -0.214. The molecule has 1 atom stereocenters. The van der Waals surface area contributed by atoms with E-state index in [0.717, 1.165) is 12.1 Å². The smallest absolute Gasteiger partial charge is 0.123 e. The molecule has 3 heteroatoms. The molecule has 0 aliphatic rings. The van der Waals surface area contributed by atoms with E-state index in [1.807, 2.05) is 19.9 Å². The Labute approximate surface area is 90.4 Å². The van der Waals surface area contributed by atoms with Crippen molar-refractivity contribution in [2.75, 3.05) is 19.7 Å². The average Bonchev–Trinajstić information content (AvgIpc) is 2.24. The van der Waals surface area contributed by atoms with Gasteiger partial charge in [-0.3, -0.25) is 0 Å². The molecule has 1 aromatic rings. The van der Waals surface area contributed by atoms with E-state index in [1.54, 1.807) is 6.07 Å². The number of hydrogen-bond donors (Lipinski definition) is 1. The van der Waals surface area contributed by atoms with Gasteiger partial charge in [0.1, 0.15) is 5.82 Å². The minimum absolute atomic E-state index is 0.0642. The molecule has 0 aromatic heterocycles. The fourth-order valence-corrected chi connectivity index (χ4v) is 1.46. The zero-order valence-electron chi connectivity index (χ0n) is 9.29. The van der Waals surface area contributed by atoms with E-state index >= 15 is 0 Å². The molecule has 2 nitrogen and oxygen atoms in total. The molecule has 1 aromatic carbocycles. The van der Waals surface area contributed by atoms with Crippen molar-refractivity contribution in [3.63, 3.8) is 0 Å². The van der Waals surface area contributed by atoms with Crippen molar-refractivity contribution < 1.29 is 9.13 Å². The van der Waals surface area contributed by atoms with Crippen molar-refractivity contribution in [1.29, 1.82) is 0 Å². The van der Waals surface area contributed by atoms with E-state index in [0.29, 0.717) is 13.2 Å². The van der Waals surface area contributed by atoms with Crippen LogP contribution < -0.4 is 5.32 Å². The Morgan fingerprint density at radius 3 is 2.80 bits per heavy atom. The van der Waals surface area contributed by atoms with Gasteiger partial charge >= 0.3 is 0 Å². The summed E-state index contributed by atoms with van der Waals surface area (Å²) in [6, 6.07) is 6.57. The lowest BCUT2D eigenvalue weighted by molar-refractivity contribution is 0.0625. The molecule has 84 valence electrons. The third-order valence-electron chi connectivity index (χ3n) is 2.17. The highest BCUT2D eigenvalue weighted by Crippen LogP contribution is 2.17. The van der Waals surface area contributed by atoms with Gasteiger partial charge in [-0.2, -0.15) is 0 Å². The van der Waals surface area contributed by atoms with Crippen LogP contribution >= 0.6 is 0 Å². The predicted molar refractivity (Wildman–Crippen MR) is 59.3 cm³/mol. The summed E-state index contributed by atoms with van der Waals surface area (Å²) in [6.07, 6.45) is -0.0642. The molecule has 0 saturated heterocycles. The average molecular weight is 211 g/mol. The Balaban J connectivity index is 2.69. The van der Waals surface area contributed by atoms with Crippen molar-refractivity contribution in [3.05, 3.63) is 35.6 Å². The van der Waals surface area contributed by atoms with E-state index in [2.05, 4.69) is 5.32 Å². The Morgan fingerprint density at radius 2 is 2.20 bits per heavy atom. The van der Waals surface area contributed by atoms with Gasteiger partial charge in [-0.05, 0) is 31.2 Å². The largest absolute Gasteiger partial charge is 0.372 e. The summed E-state index contributed by atoms with van der Waals surface area (Å²) in [6.45, 7) is 6.21. The number of benzene rings is 1. The van der Waals surface area contributed by atoms with Crippen molar-refractivity contribution >= 4 is 0 Å². The maximum atomic E-state index is 13.0. The molecule has 1 N–H and O–H groups in total. The molecular formula is C12H18FNO. The van der Waals surface area contributed by atoms with E-state index < -0.39 is 0 Å². The lowest BCUT2D eigenvalue weighted by Gasteiger charge is -2.17. The van der Waals surface area contributed by atoms with Gasteiger partial charge in [-0.1, -0.05) is 19.1 Å². The number of likely N-dealkylation sites (N-methyl/N-ethyl adjacent to an activating group) is 1. The molecule has 0 saturated carbocycles. The second kappa shape index (κ2) is 6.53. The summed E-state index contributed by atoms with van der Waals surface area (Å²) in [5.41, 5.74) is 0.887. The number of ether oxygens (including phenoxy) is 1. The Bertz CT molecular complexity index is 291. The van der Waals surface area contributed by atoms with Crippen LogP contribution in [0, 0.1) is 5.82 Å². The third kappa shape index (κ3) is 3.98. The van der Waals surface area contributed by atoms with Crippen LogP contribution in [0.5, 0.6) is 0 Å². The highest BCUT2D eigenvalue weighted by molar-refractivity contribution is 5.19. The Morgan fingerprint density at radius 1 is 1.40 bits per heavy atom. The van der Waals surface area contributed by atoms with Crippen molar-refractivity contribution in [3.8, 4) is 0 Å². The Hall–Kier alpha value is -0.930. The number of rotatable bonds is 6. The van der Waals surface area contributed by atoms with Crippen molar-refractivity contribution in [2.45, 2.75) is 20.0 Å². The molecule has 1 unspecified atom stereocenters. The highest BCUT2D eigenvalue weighted by atomic mass is 19.1. The Kier molecular flexibility index (Phi) is 5.29. The van der Waals surface area contributed by atoms with Gasteiger partial charge in [0.2, 0.25) is 0 Å². The maximum Gasteiger partial charge on any atom is 0.123 e. The van der Waals surface area contributed by atoms with Crippen LogP contribution in [0.2, 0.25) is 0 Å². The second-order valence-corrected chi connectivity index (χ2v) is 3.31. The number of halogens is 1. The van der Waals surface area contributed by atoms with Crippen molar-refractivity contribution in [2.24, 2.45) is 0 Å². The first kappa shape index (κ1) is 12.1. The van der Waals surface area contributed by atoms with Crippen LogP contribution in [0.1, 0.15) is 25.5 Å². The summed E-state index contributed by atoms with van der Waals surface area (Å²) in [4.78, 5) is 0. The van der Waals surface area contributed by atoms with Crippen LogP contribution in [0.25, 0.3) is 0 Å². The van der Waals surface area contributed by atoms with E-state index in [9.17, 15) is 4.39 Å². The number of hydrogen-bond acceptors (Lipinski definition) is 2. The molecule has 0 aliphatic heterocycles. The predicted octanol–water partition coefficient (Wildman–Crippen LogP) is 2.51. The van der Waals surface area contributed by atoms with Crippen LogP contribution in [-0.4, -0.2) is 19.7 Å². The molecule has 0 spiro atoms. The fourth-order valence-electron chi connectivity index (χ4n) is 1.46. The van der Waals surface area contributed by atoms with Crippen LogP contribution in [0.3, 0.4) is 0 Å². The normalized spacial score (nSPS) is 12.7. The van der Waals surface area contributed by atoms with E-state index in [4.69, 9.17) is 4.74 Å². The fraction of sp³-hybridized carbons (Fsp3) is 0.500. The molecule has 0 radical (unpaired) electrons. The van der Waals surface area contributed by atoms with E-state index in [-0.39, 0.29) is 11.9 Å². The molecule has 0 aliphatic carbocycles. The minimum Gasteiger partial charge on any atom is -0.372 e. The van der Waals surface area contributed by atoms with Gasteiger partial charge in [0.25, 0.3) is 0 Å². The first-order valence-corrected chi connectivity index (χ1v) is 5.35. The first-order valence-electron chi connectivity index (χ1n) is 5.35. The van der Waals surface area contributed by atoms with E-state index in [1.165, 1.54) is 12.1 Å². The molecule has 15 heavy (non-hydrogen) atoms. The van der Waals surface area contributed by atoms with Crippen LogP contribution in [-0.2, 0) is 4.74 Å². The van der Waals surface area contributed by atoms with Gasteiger partial charge in [-0.15, -0.1) is 0 Å². The topological polar surface area (TPSA) is 21.3 Å². The second-order valence-electron chi connectivity index (χ2n) is 3.31. The van der Waals surface area contributed by atoms with Gasteiger partial charge in [0.05, 0.1) is 6.10 Å². The molecule has 0 heterocycles. The van der Waals surface area contributed by atoms with Gasteiger partial charge in [0, 0.05) is 13.2 Å². The SMILES string of the molecule is CCNCC(OCC)c1cccc(F)c1. The maximum absolute atomic E-state index is 13.0. The lowest BCUT2D eigenvalue weighted by atomic mass is 10.1. The molecule has 0 bridgehead atoms. The third-order valence-corrected chi connectivity index (χ3v) is 2.17. The zero-order valence-corrected chi connectivity index (χ0v) is 9.29. The van der Waals surface area contributed by atoms with Crippen LogP contribution in [0.4, 0.5) is 4.39 Å². The first-order chi connectivity index (χ1) is 7.27.